The minimum Gasteiger partial charge on any atom is -0.332 e. The molecule has 0 bridgehead atoms. The van der Waals surface area contributed by atoms with Crippen LogP contribution in [0, 0.1) is 13.8 Å². The van der Waals surface area contributed by atoms with Gasteiger partial charge < -0.3 is 10.3 Å². The van der Waals surface area contributed by atoms with Gasteiger partial charge in [0.2, 0.25) is 5.91 Å². The van der Waals surface area contributed by atoms with Gasteiger partial charge in [-0.3, -0.25) is 4.79 Å². The van der Waals surface area contributed by atoms with Crippen LogP contribution in [-0.4, -0.2) is 21.1 Å². The van der Waals surface area contributed by atoms with Crippen LogP contribution in [0.1, 0.15) is 18.1 Å². The summed E-state index contributed by atoms with van der Waals surface area (Å²) in [6, 6.07) is 26.2. The minimum absolute atomic E-state index is 0.0543. The van der Waals surface area contributed by atoms with E-state index in [1.165, 1.54) is 22.9 Å². The number of carbonyl (C=O) groups excluding carboxylic acids is 1. The Balaban J connectivity index is 1.62. The van der Waals surface area contributed by atoms with E-state index in [2.05, 4.69) is 72.7 Å². The maximum Gasteiger partial charge on any atom is 0.237 e. The summed E-state index contributed by atoms with van der Waals surface area (Å²) in [5.74, 6) is -0.0543. The Labute approximate surface area is 187 Å². The Morgan fingerprint density at radius 2 is 1.45 bits per heavy atom. The van der Waals surface area contributed by atoms with Crippen molar-refractivity contribution in [3.05, 3.63) is 90.0 Å². The Hall–Kier alpha value is -3.31. The molecule has 1 unspecified atom stereocenters. The van der Waals surface area contributed by atoms with E-state index in [-0.39, 0.29) is 11.2 Å². The zero-order valence-corrected chi connectivity index (χ0v) is 18.7. The molecule has 31 heavy (non-hydrogen) atoms. The molecule has 0 aliphatic rings. The van der Waals surface area contributed by atoms with Crippen LogP contribution in [0.15, 0.2) is 84.0 Å². The largest absolute Gasteiger partial charge is 0.332 e. The SMILES string of the molecule is Cc1ccc(-c2nc(SC(C)C(=O)Nc3ccccc3)[nH]c2-c2ccc(C)cc2)cc1. The predicted molar refractivity (Wildman–Crippen MR) is 129 cm³/mol. The smallest absolute Gasteiger partial charge is 0.237 e. The van der Waals surface area contributed by atoms with Crippen LogP contribution in [0.5, 0.6) is 0 Å². The van der Waals surface area contributed by atoms with Crippen molar-refractivity contribution < 1.29 is 4.79 Å². The van der Waals surface area contributed by atoms with E-state index in [9.17, 15) is 4.79 Å². The molecule has 0 radical (unpaired) electrons. The maximum atomic E-state index is 12.6. The van der Waals surface area contributed by atoms with Gasteiger partial charge >= 0.3 is 0 Å². The molecule has 1 heterocycles. The number of rotatable bonds is 6. The summed E-state index contributed by atoms with van der Waals surface area (Å²) in [7, 11) is 0. The summed E-state index contributed by atoms with van der Waals surface area (Å²) in [5, 5.41) is 3.38. The number of anilines is 1. The molecule has 0 saturated carbocycles. The molecule has 4 aromatic rings. The van der Waals surface area contributed by atoms with Crippen molar-refractivity contribution >= 4 is 23.4 Å². The topological polar surface area (TPSA) is 57.8 Å². The molecule has 1 amide bonds. The van der Waals surface area contributed by atoms with Gasteiger partial charge in [-0.05, 0) is 32.9 Å². The van der Waals surface area contributed by atoms with Crippen LogP contribution in [0.4, 0.5) is 5.69 Å². The van der Waals surface area contributed by atoms with Crippen molar-refractivity contribution in [3.8, 4) is 22.5 Å². The number of hydrogen-bond donors (Lipinski definition) is 2. The van der Waals surface area contributed by atoms with Gasteiger partial charge in [-0.2, -0.15) is 0 Å². The van der Waals surface area contributed by atoms with E-state index >= 15 is 0 Å². The molecule has 156 valence electrons. The van der Waals surface area contributed by atoms with Gasteiger partial charge in [0.25, 0.3) is 0 Å². The highest BCUT2D eigenvalue weighted by Crippen LogP contribution is 2.34. The van der Waals surface area contributed by atoms with Crippen LogP contribution in [0.25, 0.3) is 22.5 Å². The number of thioether (sulfide) groups is 1. The number of aromatic nitrogens is 2. The third-order valence-corrected chi connectivity index (χ3v) is 6.03. The highest BCUT2D eigenvalue weighted by Gasteiger charge is 2.20. The molecule has 1 atom stereocenters. The molecule has 3 aromatic carbocycles. The highest BCUT2D eigenvalue weighted by atomic mass is 32.2. The fraction of sp³-hybridized carbons (Fsp3) is 0.154. The lowest BCUT2D eigenvalue weighted by Gasteiger charge is -2.10. The Morgan fingerprint density at radius 1 is 0.871 bits per heavy atom. The normalized spacial score (nSPS) is 11.8. The fourth-order valence-electron chi connectivity index (χ4n) is 3.24. The Morgan fingerprint density at radius 3 is 2.06 bits per heavy atom. The van der Waals surface area contributed by atoms with Gasteiger partial charge in [-0.1, -0.05) is 89.6 Å². The van der Waals surface area contributed by atoms with Gasteiger partial charge in [0.1, 0.15) is 0 Å². The number of amides is 1. The van der Waals surface area contributed by atoms with Crippen molar-refractivity contribution in [1.82, 2.24) is 9.97 Å². The Bertz CT molecular complexity index is 1100. The lowest BCUT2D eigenvalue weighted by atomic mass is 10.0. The number of imidazole rings is 1. The summed E-state index contributed by atoms with van der Waals surface area (Å²) in [5.41, 5.74) is 7.18. The number of hydrogen-bond acceptors (Lipinski definition) is 3. The zero-order valence-electron chi connectivity index (χ0n) is 17.8. The second kappa shape index (κ2) is 9.23. The van der Waals surface area contributed by atoms with E-state index in [1.54, 1.807) is 0 Å². The molecular weight excluding hydrogens is 402 g/mol. The molecule has 0 saturated heterocycles. The number of nitrogens with zero attached hydrogens (tertiary/aromatic N) is 1. The van der Waals surface area contributed by atoms with Crippen molar-refractivity contribution in [2.45, 2.75) is 31.2 Å². The monoisotopic (exact) mass is 427 g/mol. The molecule has 5 heteroatoms. The molecule has 0 aliphatic heterocycles. The number of aromatic amines is 1. The Kier molecular flexibility index (Phi) is 6.23. The number of aryl methyl sites for hydroxylation is 2. The van der Waals surface area contributed by atoms with E-state index in [0.29, 0.717) is 0 Å². The molecule has 2 N–H and O–H groups in total. The minimum atomic E-state index is -0.303. The van der Waals surface area contributed by atoms with Crippen LogP contribution < -0.4 is 5.32 Å². The second-order valence-corrected chi connectivity index (χ2v) is 8.94. The summed E-state index contributed by atoms with van der Waals surface area (Å²) in [6.45, 7) is 6.04. The number of para-hydroxylation sites is 1. The van der Waals surface area contributed by atoms with E-state index in [4.69, 9.17) is 4.98 Å². The third-order valence-electron chi connectivity index (χ3n) is 5.05. The molecular formula is C26H25N3OS. The first-order valence-electron chi connectivity index (χ1n) is 10.3. The van der Waals surface area contributed by atoms with Gasteiger partial charge in [-0.15, -0.1) is 0 Å². The van der Waals surface area contributed by atoms with Crippen molar-refractivity contribution in [2.75, 3.05) is 5.32 Å². The second-order valence-electron chi connectivity index (χ2n) is 7.61. The van der Waals surface area contributed by atoms with E-state index in [1.807, 2.05) is 37.3 Å². The van der Waals surface area contributed by atoms with Crippen LogP contribution in [0.3, 0.4) is 0 Å². The first kappa shape index (κ1) is 20.9. The molecule has 4 rings (SSSR count). The summed E-state index contributed by atoms with van der Waals surface area (Å²) < 4.78 is 0. The van der Waals surface area contributed by atoms with Crippen LogP contribution in [0.2, 0.25) is 0 Å². The van der Waals surface area contributed by atoms with Gasteiger partial charge in [0.15, 0.2) is 5.16 Å². The van der Waals surface area contributed by atoms with Crippen LogP contribution in [-0.2, 0) is 4.79 Å². The third kappa shape index (κ3) is 5.06. The number of nitrogens with one attached hydrogen (secondary N) is 2. The first-order chi connectivity index (χ1) is 15.0. The van der Waals surface area contributed by atoms with Gasteiger partial charge in [0, 0.05) is 16.8 Å². The predicted octanol–water partition coefficient (Wildman–Crippen LogP) is 6.48. The summed E-state index contributed by atoms with van der Waals surface area (Å²) >= 11 is 1.42. The lowest BCUT2D eigenvalue weighted by Crippen LogP contribution is -2.22. The lowest BCUT2D eigenvalue weighted by molar-refractivity contribution is -0.115. The van der Waals surface area contributed by atoms with Crippen LogP contribution >= 0.6 is 11.8 Å². The van der Waals surface area contributed by atoms with Crippen molar-refractivity contribution in [3.63, 3.8) is 0 Å². The number of benzene rings is 3. The first-order valence-corrected chi connectivity index (χ1v) is 11.1. The number of H-pyrrole nitrogens is 1. The summed E-state index contributed by atoms with van der Waals surface area (Å²) in [6.07, 6.45) is 0. The van der Waals surface area contributed by atoms with Crippen molar-refractivity contribution in [2.24, 2.45) is 0 Å². The quantitative estimate of drug-likeness (QED) is 0.346. The average molecular weight is 428 g/mol. The average Bonchev–Trinajstić information content (AvgIpc) is 3.19. The summed E-state index contributed by atoms with van der Waals surface area (Å²) in [4.78, 5) is 21.0. The van der Waals surface area contributed by atoms with E-state index in [0.717, 1.165) is 33.4 Å². The number of carbonyl (C=O) groups is 1. The molecule has 4 nitrogen and oxygen atoms in total. The molecule has 0 aliphatic carbocycles. The zero-order chi connectivity index (χ0) is 21.8. The molecule has 0 fully saturated rings. The van der Waals surface area contributed by atoms with Gasteiger partial charge in [-0.25, -0.2) is 4.98 Å². The fourth-order valence-corrected chi connectivity index (χ4v) is 4.05. The van der Waals surface area contributed by atoms with Crippen molar-refractivity contribution in [1.29, 1.82) is 0 Å². The standard InChI is InChI=1S/C26H25N3OS/c1-17-9-13-20(14-10-17)23-24(21-15-11-18(2)12-16-21)29-26(28-23)31-19(3)25(30)27-22-7-5-4-6-8-22/h4-16,19H,1-3H3,(H,27,30)(H,28,29). The molecule has 0 spiro atoms. The maximum absolute atomic E-state index is 12.6. The highest BCUT2D eigenvalue weighted by molar-refractivity contribution is 8.00. The van der Waals surface area contributed by atoms with E-state index < -0.39 is 0 Å². The van der Waals surface area contributed by atoms with Gasteiger partial charge in [0.05, 0.1) is 16.6 Å². The molecule has 1 aromatic heterocycles.